The van der Waals surface area contributed by atoms with E-state index in [9.17, 15) is 0 Å². The van der Waals surface area contributed by atoms with Crippen molar-refractivity contribution in [1.82, 2.24) is 20.3 Å². The van der Waals surface area contributed by atoms with Gasteiger partial charge in [-0.05, 0) is 19.4 Å². The quantitative estimate of drug-likeness (QED) is 0.768. The summed E-state index contributed by atoms with van der Waals surface area (Å²) in [7, 11) is 0. The number of aromatic nitrogens is 3. The molecule has 1 N–H and O–H groups in total. The highest BCUT2D eigenvalue weighted by Crippen LogP contribution is 2.28. The first-order valence-corrected chi connectivity index (χ1v) is 5.56. The van der Waals surface area contributed by atoms with Crippen molar-refractivity contribution in [2.45, 2.75) is 18.9 Å². The molecular formula is C9H10N4S. The Bertz CT molecular complexity index is 414. The predicted molar refractivity (Wildman–Crippen MR) is 55.2 cm³/mol. The molecule has 0 bridgehead atoms. The molecule has 1 fully saturated rings. The van der Waals surface area contributed by atoms with Crippen LogP contribution in [-0.2, 0) is 0 Å². The van der Waals surface area contributed by atoms with Crippen molar-refractivity contribution in [3.63, 3.8) is 0 Å². The maximum atomic E-state index is 4.48. The van der Waals surface area contributed by atoms with Gasteiger partial charge in [0.05, 0.1) is 6.04 Å². The van der Waals surface area contributed by atoms with Crippen LogP contribution in [0.3, 0.4) is 0 Å². The van der Waals surface area contributed by atoms with Crippen LogP contribution in [-0.4, -0.2) is 21.5 Å². The molecule has 0 saturated carbocycles. The van der Waals surface area contributed by atoms with E-state index in [4.69, 9.17) is 0 Å². The van der Waals surface area contributed by atoms with Crippen molar-refractivity contribution in [3.05, 3.63) is 17.4 Å². The zero-order chi connectivity index (χ0) is 9.38. The lowest BCUT2D eigenvalue weighted by molar-refractivity contribution is 0.644. The molecule has 14 heavy (non-hydrogen) atoms. The number of nitrogens with one attached hydrogen (secondary N) is 1. The van der Waals surface area contributed by atoms with E-state index in [0.717, 1.165) is 22.0 Å². The Morgan fingerprint density at radius 1 is 1.36 bits per heavy atom. The average Bonchev–Trinajstić information content (AvgIpc) is 2.86. The first kappa shape index (κ1) is 8.26. The molecule has 1 aliphatic heterocycles. The van der Waals surface area contributed by atoms with Gasteiger partial charge in [-0.1, -0.05) is 11.3 Å². The van der Waals surface area contributed by atoms with Gasteiger partial charge < -0.3 is 5.32 Å². The Hall–Kier alpha value is -1.07. The number of hydrogen-bond donors (Lipinski definition) is 1. The van der Waals surface area contributed by atoms with E-state index in [1.807, 2.05) is 0 Å². The summed E-state index contributed by atoms with van der Waals surface area (Å²) in [5, 5.41) is 4.55. The summed E-state index contributed by atoms with van der Waals surface area (Å²) >= 11 is 1.65. The summed E-state index contributed by atoms with van der Waals surface area (Å²) in [5.41, 5.74) is 0.779. The molecule has 2 aromatic rings. The minimum absolute atomic E-state index is 0.427. The molecule has 3 heterocycles. The molecule has 1 atom stereocenters. The highest BCUT2D eigenvalue weighted by atomic mass is 32.1. The molecule has 3 rings (SSSR count). The Morgan fingerprint density at radius 3 is 3.07 bits per heavy atom. The summed E-state index contributed by atoms with van der Waals surface area (Å²) in [6, 6.07) is 0.427. The molecule has 1 saturated heterocycles. The van der Waals surface area contributed by atoms with Gasteiger partial charge in [0.2, 0.25) is 0 Å². The van der Waals surface area contributed by atoms with E-state index >= 15 is 0 Å². The van der Waals surface area contributed by atoms with Gasteiger partial charge in [0.15, 0.2) is 10.5 Å². The second-order valence-electron chi connectivity index (χ2n) is 3.39. The summed E-state index contributed by atoms with van der Waals surface area (Å²) in [6.07, 6.45) is 5.82. The Kier molecular flexibility index (Phi) is 1.92. The van der Waals surface area contributed by atoms with Crippen LogP contribution in [0.2, 0.25) is 0 Å². The van der Waals surface area contributed by atoms with Gasteiger partial charge in [-0.25, -0.2) is 15.0 Å². The topological polar surface area (TPSA) is 50.7 Å². The van der Waals surface area contributed by atoms with Crippen LogP contribution in [0.1, 0.15) is 23.9 Å². The molecule has 0 aliphatic carbocycles. The molecule has 1 aliphatic rings. The summed E-state index contributed by atoms with van der Waals surface area (Å²) in [5.74, 6) is 0. The second kappa shape index (κ2) is 3.25. The maximum Gasteiger partial charge on any atom is 0.189 e. The summed E-state index contributed by atoms with van der Waals surface area (Å²) < 4.78 is 0. The Labute approximate surface area is 85.4 Å². The lowest BCUT2D eigenvalue weighted by Crippen LogP contribution is -2.12. The first-order valence-electron chi connectivity index (χ1n) is 4.74. The van der Waals surface area contributed by atoms with Crippen molar-refractivity contribution in [3.8, 4) is 0 Å². The molecule has 0 spiro atoms. The third-order valence-corrected chi connectivity index (χ3v) is 3.49. The molecule has 1 unspecified atom stereocenters. The van der Waals surface area contributed by atoms with Gasteiger partial charge in [0, 0.05) is 12.4 Å². The second-order valence-corrected chi connectivity index (χ2v) is 4.40. The van der Waals surface area contributed by atoms with Crippen molar-refractivity contribution in [1.29, 1.82) is 0 Å². The summed E-state index contributed by atoms with van der Waals surface area (Å²) in [4.78, 5) is 13.8. The number of nitrogens with zero attached hydrogens (tertiary/aromatic N) is 3. The first-order chi connectivity index (χ1) is 6.93. The Morgan fingerprint density at radius 2 is 2.29 bits per heavy atom. The largest absolute Gasteiger partial charge is 0.308 e. The fourth-order valence-corrected chi connectivity index (χ4v) is 2.71. The van der Waals surface area contributed by atoms with E-state index in [1.165, 1.54) is 12.8 Å². The minimum atomic E-state index is 0.427. The van der Waals surface area contributed by atoms with Crippen molar-refractivity contribution >= 4 is 21.8 Å². The highest BCUT2D eigenvalue weighted by molar-refractivity contribution is 7.18. The molecule has 5 heteroatoms. The van der Waals surface area contributed by atoms with Crippen LogP contribution in [0.25, 0.3) is 10.5 Å². The minimum Gasteiger partial charge on any atom is -0.308 e. The van der Waals surface area contributed by atoms with Gasteiger partial charge >= 0.3 is 0 Å². The number of hydrogen-bond acceptors (Lipinski definition) is 5. The highest BCUT2D eigenvalue weighted by Gasteiger charge is 2.20. The van der Waals surface area contributed by atoms with E-state index in [1.54, 1.807) is 23.7 Å². The van der Waals surface area contributed by atoms with E-state index in [0.29, 0.717) is 6.04 Å². The molecule has 2 aromatic heterocycles. The van der Waals surface area contributed by atoms with E-state index < -0.39 is 0 Å². The van der Waals surface area contributed by atoms with Crippen LogP contribution in [0.15, 0.2) is 12.4 Å². The third-order valence-electron chi connectivity index (χ3n) is 2.42. The van der Waals surface area contributed by atoms with Crippen LogP contribution in [0.5, 0.6) is 0 Å². The monoisotopic (exact) mass is 206 g/mol. The van der Waals surface area contributed by atoms with Gasteiger partial charge in [0.25, 0.3) is 0 Å². The molecule has 0 amide bonds. The maximum absolute atomic E-state index is 4.48. The smallest absolute Gasteiger partial charge is 0.189 e. The average molecular weight is 206 g/mol. The number of thiazole rings is 1. The van der Waals surface area contributed by atoms with Crippen LogP contribution in [0, 0.1) is 0 Å². The van der Waals surface area contributed by atoms with E-state index in [2.05, 4.69) is 20.3 Å². The lowest BCUT2D eigenvalue weighted by Gasteiger charge is -2.03. The number of fused-ring (bicyclic) bond motifs is 1. The van der Waals surface area contributed by atoms with Crippen LogP contribution < -0.4 is 5.32 Å². The van der Waals surface area contributed by atoms with Gasteiger partial charge in [-0.3, -0.25) is 0 Å². The lowest BCUT2D eigenvalue weighted by atomic mass is 10.2. The zero-order valence-corrected chi connectivity index (χ0v) is 8.42. The molecular weight excluding hydrogens is 196 g/mol. The van der Waals surface area contributed by atoms with E-state index in [-0.39, 0.29) is 0 Å². The van der Waals surface area contributed by atoms with Gasteiger partial charge in [-0.15, -0.1) is 0 Å². The SMILES string of the molecule is c1cnc2sc(C3CCCN3)nc2n1. The fraction of sp³-hybridized carbons (Fsp3) is 0.444. The Balaban J connectivity index is 2.05. The molecule has 4 nitrogen and oxygen atoms in total. The summed E-state index contributed by atoms with van der Waals surface area (Å²) in [6.45, 7) is 1.10. The van der Waals surface area contributed by atoms with Crippen molar-refractivity contribution in [2.24, 2.45) is 0 Å². The fourth-order valence-electron chi connectivity index (χ4n) is 1.74. The predicted octanol–water partition coefficient (Wildman–Crippen LogP) is 1.51. The van der Waals surface area contributed by atoms with Crippen LogP contribution in [0.4, 0.5) is 0 Å². The molecule has 0 radical (unpaired) electrons. The third kappa shape index (κ3) is 1.29. The van der Waals surface area contributed by atoms with Crippen molar-refractivity contribution < 1.29 is 0 Å². The molecule has 72 valence electrons. The standard InChI is InChI=1S/C9H10N4S/c1-2-6(10-3-1)8-13-7-9(14-8)12-5-4-11-7/h4-6,10H,1-3H2. The van der Waals surface area contributed by atoms with Crippen LogP contribution >= 0.6 is 11.3 Å². The zero-order valence-electron chi connectivity index (χ0n) is 7.60. The molecule has 0 aromatic carbocycles. The normalized spacial score (nSPS) is 21.9. The number of rotatable bonds is 1. The van der Waals surface area contributed by atoms with Gasteiger partial charge in [-0.2, -0.15) is 0 Å². The van der Waals surface area contributed by atoms with Crippen molar-refractivity contribution in [2.75, 3.05) is 6.54 Å². The van der Waals surface area contributed by atoms with Gasteiger partial charge in [0.1, 0.15) is 5.01 Å².